The molecule has 20 rings (SSSR count). The van der Waals surface area contributed by atoms with Gasteiger partial charge in [0.25, 0.3) is 0 Å². The van der Waals surface area contributed by atoms with Gasteiger partial charge in [-0.2, -0.15) is 0 Å². The summed E-state index contributed by atoms with van der Waals surface area (Å²) < 4.78 is 13.2. The topological polar surface area (TPSA) is 23.0 Å². The van der Waals surface area contributed by atoms with Gasteiger partial charge >= 0.3 is 13.7 Å². The van der Waals surface area contributed by atoms with Crippen molar-refractivity contribution < 1.29 is 0 Å². The molecule has 16 aromatic rings. The third-order valence-electron chi connectivity index (χ3n) is 18.6. The van der Waals surface area contributed by atoms with Gasteiger partial charge in [0, 0.05) is 82.7 Å². The third kappa shape index (κ3) is 4.93. The molecular weight excluding hydrogens is 956 g/mol. The number of nitrogens with zero attached hydrogens (tertiary/aromatic N) is 5. The number of anilines is 1. The maximum absolute atomic E-state index is 2.91. The lowest BCUT2D eigenvalue weighted by Crippen LogP contribution is -2.74. The fourth-order valence-corrected chi connectivity index (χ4v) is 15.7. The molecule has 360 valence electrons. The van der Waals surface area contributed by atoms with Gasteiger partial charge in [-0.15, -0.1) is 0 Å². The lowest BCUT2D eigenvalue weighted by Gasteiger charge is -2.50. The second-order valence-electron chi connectivity index (χ2n) is 22.3. The molecule has 4 aromatic heterocycles. The van der Waals surface area contributed by atoms with E-state index < -0.39 is 0 Å². The minimum absolute atomic E-state index is 0.138. The monoisotopic (exact) mass is 997 g/mol. The molecule has 12 aromatic carbocycles. The quantitative estimate of drug-likeness (QED) is 0.162. The molecule has 0 amide bonds. The van der Waals surface area contributed by atoms with Crippen LogP contribution in [-0.4, -0.2) is 32.0 Å². The average molecular weight is 998 g/mol. The van der Waals surface area contributed by atoms with Crippen molar-refractivity contribution in [1.82, 2.24) is 18.3 Å². The normalized spacial score (nSPS) is 13.5. The number of rotatable bonds is 3. The number of benzene rings is 12. The number of hydrogen-bond acceptors (Lipinski definition) is 1. The Morgan fingerprint density at radius 3 is 1.00 bits per heavy atom. The van der Waals surface area contributed by atoms with E-state index in [1.54, 1.807) is 0 Å². The fraction of sp³-hybridized carbons (Fsp3) is 0. The molecule has 4 aliphatic rings. The number of para-hydroxylation sites is 8. The van der Waals surface area contributed by atoms with E-state index in [2.05, 4.69) is 272 Å². The van der Waals surface area contributed by atoms with E-state index in [9.17, 15) is 0 Å². The molecule has 4 aliphatic heterocycles. The molecule has 0 saturated carbocycles. The molecule has 0 N–H and O–H groups in total. The zero-order valence-electron chi connectivity index (χ0n) is 42.6. The van der Waals surface area contributed by atoms with Crippen LogP contribution in [0.4, 0.5) is 5.69 Å². The summed E-state index contributed by atoms with van der Waals surface area (Å²) in [6.07, 6.45) is 0. The standard InChI is InChI=1S/C72H41B2N5/c1-2-18-42(19-3-1)43-36-56-54-38-44(75-60-30-10-4-20-46(60)47-21-5-11-31-61(47)75)40-66-68(54)73(58-28-16-26-52-50-24-8-14-34-64(50)77(66)71(52)58)79-70(56)57(37-43)55-39-45(76-62-32-12-6-22-48(62)49-23-7-13-33-63(49)76)41-67-69(55)74(79)59-29-17-27-53-51-25-9-15-35-65(51)78(67)72(53)59/h1-41H. The minimum atomic E-state index is -0.138. The molecule has 0 saturated heterocycles. The molecule has 5 nitrogen and oxygen atoms in total. The summed E-state index contributed by atoms with van der Waals surface area (Å²) in [4.78, 5) is 0. The van der Waals surface area contributed by atoms with Crippen LogP contribution in [-0.2, 0) is 0 Å². The maximum atomic E-state index is 2.91. The van der Waals surface area contributed by atoms with Crippen LogP contribution in [0, 0.1) is 0 Å². The summed E-state index contributed by atoms with van der Waals surface area (Å²) in [6, 6.07) is 94.5. The smallest absolute Gasteiger partial charge is 0.316 e. The highest BCUT2D eigenvalue weighted by molar-refractivity contribution is 7.09. The van der Waals surface area contributed by atoms with Crippen molar-refractivity contribution in [3.8, 4) is 56.1 Å². The van der Waals surface area contributed by atoms with Crippen molar-refractivity contribution in [1.29, 1.82) is 0 Å². The first kappa shape index (κ1) is 41.0. The van der Waals surface area contributed by atoms with Crippen LogP contribution in [0.1, 0.15) is 0 Å². The molecule has 0 unspecified atom stereocenters. The highest BCUT2D eigenvalue weighted by Gasteiger charge is 2.53. The highest BCUT2D eigenvalue weighted by Crippen LogP contribution is 2.53. The lowest BCUT2D eigenvalue weighted by molar-refractivity contribution is 1.13. The van der Waals surface area contributed by atoms with Gasteiger partial charge in [0.05, 0.1) is 44.1 Å². The van der Waals surface area contributed by atoms with E-state index in [1.807, 2.05) is 0 Å². The van der Waals surface area contributed by atoms with Crippen molar-refractivity contribution in [2.45, 2.75) is 0 Å². The maximum Gasteiger partial charge on any atom is 0.316 e. The van der Waals surface area contributed by atoms with Gasteiger partial charge in [-0.25, -0.2) is 0 Å². The van der Waals surface area contributed by atoms with Crippen molar-refractivity contribution in [2.75, 3.05) is 4.72 Å². The molecule has 8 heterocycles. The van der Waals surface area contributed by atoms with Crippen LogP contribution < -0.4 is 26.6 Å². The largest absolute Gasteiger partial charge is 0.444 e. The first-order chi connectivity index (χ1) is 39.2. The summed E-state index contributed by atoms with van der Waals surface area (Å²) in [5, 5.41) is 10.1. The van der Waals surface area contributed by atoms with Gasteiger partial charge in [-0.3, -0.25) is 0 Å². The Balaban J connectivity index is 0.999. The van der Waals surface area contributed by atoms with Crippen LogP contribution in [0.25, 0.3) is 143 Å². The summed E-state index contributed by atoms with van der Waals surface area (Å²) in [7, 11) is 0. The van der Waals surface area contributed by atoms with E-state index in [1.165, 1.54) is 160 Å². The second kappa shape index (κ2) is 14.4. The lowest BCUT2D eigenvalue weighted by atomic mass is 9.32. The fourth-order valence-electron chi connectivity index (χ4n) is 15.7. The number of aromatic nitrogens is 4. The molecule has 0 radical (unpaired) electrons. The highest BCUT2D eigenvalue weighted by atomic mass is 15.1. The van der Waals surface area contributed by atoms with Crippen LogP contribution in [0.3, 0.4) is 0 Å². The zero-order chi connectivity index (χ0) is 50.9. The van der Waals surface area contributed by atoms with Gasteiger partial charge in [-0.1, -0.05) is 176 Å². The molecule has 7 heteroatoms. The molecule has 0 spiro atoms. The van der Waals surface area contributed by atoms with Crippen LogP contribution in [0.5, 0.6) is 0 Å². The van der Waals surface area contributed by atoms with Crippen LogP contribution in [0.15, 0.2) is 249 Å². The predicted octanol–water partition coefficient (Wildman–Crippen LogP) is 14.7. The molecule has 0 bridgehead atoms. The first-order valence-electron chi connectivity index (χ1n) is 27.7. The van der Waals surface area contributed by atoms with E-state index in [0.717, 1.165) is 11.4 Å². The molecular formula is C72H41B2N5. The Morgan fingerprint density at radius 2 is 0.595 bits per heavy atom. The third-order valence-corrected chi connectivity index (χ3v) is 18.6. The molecule has 0 fully saturated rings. The number of hydrogen-bond donors (Lipinski definition) is 0. The van der Waals surface area contributed by atoms with E-state index in [4.69, 9.17) is 0 Å². The van der Waals surface area contributed by atoms with Crippen LogP contribution >= 0.6 is 0 Å². The van der Waals surface area contributed by atoms with Crippen molar-refractivity contribution >= 4 is 128 Å². The summed E-state index contributed by atoms with van der Waals surface area (Å²) in [5.41, 5.74) is 28.7. The Bertz CT molecular complexity index is 5060. The van der Waals surface area contributed by atoms with Crippen molar-refractivity contribution in [2.24, 2.45) is 0 Å². The van der Waals surface area contributed by atoms with Crippen molar-refractivity contribution in [3.63, 3.8) is 0 Å². The second-order valence-corrected chi connectivity index (χ2v) is 22.3. The molecule has 79 heavy (non-hydrogen) atoms. The van der Waals surface area contributed by atoms with Crippen LogP contribution in [0.2, 0.25) is 0 Å². The average Bonchev–Trinajstić information content (AvgIpc) is 3.60. The van der Waals surface area contributed by atoms with Gasteiger partial charge in [0.2, 0.25) is 0 Å². The first-order valence-corrected chi connectivity index (χ1v) is 27.7. The Hall–Kier alpha value is -10.2. The Labute approximate surface area is 453 Å². The van der Waals surface area contributed by atoms with Gasteiger partial charge in [0.15, 0.2) is 0 Å². The minimum Gasteiger partial charge on any atom is -0.444 e. The van der Waals surface area contributed by atoms with Gasteiger partial charge in [0.1, 0.15) is 0 Å². The van der Waals surface area contributed by atoms with Gasteiger partial charge in [-0.05, 0) is 117 Å². The summed E-state index contributed by atoms with van der Waals surface area (Å²) >= 11 is 0. The van der Waals surface area contributed by atoms with E-state index in [-0.39, 0.29) is 13.7 Å². The predicted molar refractivity (Wildman–Crippen MR) is 333 cm³/mol. The SMILES string of the molecule is c1ccc(-c2cc3c4c(c2)-c2cc(-n5c6ccccc6c6ccccc65)cc5c2B(c2cccc6c7ccccc7n-5c26)N4B2c4c-3cc(-n3c5ccccc5c5ccccc53)cc4-n3c4ccccc4c4cccc2c43)cc1. The number of fused-ring (bicyclic) bond motifs is 20. The van der Waals surface area contributed by atoms with E-state index >= 15 is 0 Å². The zero-order valence-corrected chi connectivity index (χ0v) is 42.6. The summed E-state index contributed by atoms with van der Waals surface area (Å²) in [6.45, 7) is -0.276. The molecule has 0 aliphatic carbocycles. The Kier molecular flexibility index (Phi) is 7.48. The Morgan fingerprint density at radius 1 is 0.253 bits per heavy atom. The van der Waals surface area contributed by atoms with Gasteiger partial charge < -0.3 is 23.0 Å². The molecule has 0 atom stereocenters. The summed E-state index contributed by atoms with van der Waals surface area (Å²) in [5.74, 6) is 0. The van der Waals surface area contributed by atoms with Crippen molar-refractivity contribution in [3.05, 3.63) is 249 Å². The van der Waals surface area contributed by atoms with E-state index in [0.29, 0.717) is 0 Å².